The molecule has 3 aliphatic rings. The first-order valence-electron chi connectivity index (χ1n) is 17.9. The van der Waals surface area contributed by atoms with Gasteiger partial charge in [-0.2, -0.15) is 0 Å². The Labute approximate surface area is 304 Å². The Hall–Kier alpha value is -5.00. The number of fused-ring (bicyclic) bond motifs is 3. The SMILES string of the molecule is CC1(C)C2CCC1(C(=O)O)CC2.COC(=O)c1ccc2c(C(=Nc3ccc(N(C)C(=O)CN4CCN(C)CC4)cc3)c3ccccc3)c(O)[nH]c2c1. The van der Waals surface area contributed by atoms with E-state index in [1.807, 2.05) is 54.6 Å². The molecule has 0 radical (unpaired) electrons. The number of nitrogens with one attached hydrogen (secondary N) is 1. The van der Waals surface area contributed by atoms with Crippen molar-refractivity contribution in [1.82, 2.24) is 14.8 Å². The lowest BCUT2D eigenvalue weighted by Crippen LogP contribution is -2.48. The average molecular weight is 708 g/mol. The van der Waals surface area contributed by atoms with Crippen LogP contribution in [-0.4, -0.2) is 102 Å². The summed E-state index contributed by atoms with van der Waals surface area (Å²) in [4.78, 5) is 50.2. The van der Waals surface area contributed by atoms with E-state index in [4.69, 9.17) is 9.73 Å². The molecule has 2 aliphatic carbocycles. The Balaban J connectivity index is 0.000000325. The molecule has 274 valence electrons. The second kappa shape index (κ2) is 14.9. The molecule has 3 N–H and O–H groups in total. The van der Waals surface area contributed by atoms with Gasteiger partial charge in [-0.3, -0.25) is 14.5 Å². The third-order valence-electron chi connectivity index (χ3n) is 11.8. The van der Waals surface area contributed by atoms with Crippen LogP contribution in [-0.2, 0) is 14.3 Å². The maximum absolute atomic E-state index is 12.9. The number of aliphatic carboxylic acids is 1. The number of rotatable bonds is 8. The van der Waals surface area contributed by atoms with E-state index in [1.54, 1.807) is 30.1 Å². The number of aromatic hydroxyl groups is 1. The van der Waals surface area contributed by atoms with Crippen LogP contribution in [0.4, 0.5) is 11.4 Å². The van der Waals surface area contributed by atoms with Gasteiger partial charge in [0, 0.05) is 55.4 Å². The van der Waals surface area contributed by atoms with Crippen molar-refractivity contribution in [3.63, 3.8) is 0 Å². The second-order valence-electron chi connectivity index (χ2n) is 14.9. The van der Waals surface area contributed by atoms with Crippen LogP contribution in [0, 0.1) is 16.7 Å². The van der Waals surface area contributed by atoms with Gasteiger partial charge in [-0.1, -0.05) is 50.2 Å². The number of hydrogen-bond acceptors (Lipinski definition) is 8. The van der Waals surface area contributed by atoms with Crippen LogP contribution in [0.15, 0.2) is 77.8 Å². The van der Waals surface area contributed by atoms with E-state index in [-0.39, 0.29) is 22.6 Å². The highest BCUT2D eigenvalue weighted by atomic mass is 16.5. The quantitative estimate of drug-likeness (QED) is 0.143. The average Bonchev–Trinajstić information content (AvgIpc) is 3.72. The Morgan fingerprint density at radius 3 is 2.15 bits per heavy atom. The fourth-order valence-corrected chi connectivity index (χ4v) is 8.21. The molecular formula is C41H49N5O6. The lowest BCUT2D eigenvalue weighted by Gasteiger charge is -2.33. The number of nitrogens with zero attached hydrogens (tertiary/aromatic N) is 4. The maximum atomic E-state index is 12.9. The molecule has 52 heavy (non-hydrogen) atoms. The van der Waals surface area contributed by atoms with E-state index in [9.17, 15) is 24.6 Å². The number of carbonyl (C=O) groups excluding carboxylic acids is 2. The lowest BCUT2D eigenvalue weighted by atomic mass is 9.69. The Morgan fingerprint density at radius 2 is 1.60 bits per heavy atom. The molecule has 4 aromatic rings. The van der Waals surface area contributed by atoms with Crippen molar-refractivity contribution < 1.29 is 29.3 Å². The van der Waals surface area contributed by atoms with Crippen molar-refractivity contribution in [2.45, 2.75) is 39.5 Å². The monoisotopic (exact) mass is 707 g/mol. The number of carboxylic acids is 1. The summed E-state index contributed by atoms with van der Waals surface area (Å²) < 4.78 is 4.83. The Kier molecular flexibility index (Phi) is 10.6. The molecule has 0 atom stereocenters. The molecule has 2 bridgehead atoms. The first-order chi connectivity index (χ1) is 24.8. The molecule has 3 aromatic carbocycles. The Morgan fingerprint density at radius 1 is 0.942 bits per heavy atom. The van der Waals surface area contributed by atoms with E-state index < -0.39 is 11.9 Å². The molecule has 3 fully saturated rings. The highest BCUT2D eigenvalue weighted by Gasteiger charge is 2.63. The summed E-state index contributed by atoms with van der Waals surface area (Å²) in [5.41, 5.74) is 4.00. The predicted molar refractivity (Wildman–Crippen MR) is 203 cm³/mol. The van der Waals surface area contributed by atoms with Crippen molar-refractivity contribution in [3.8, 4) is 5.88 Å². The fraction of sp³-hybridized carbons (Fsp3) is 0.415. The number of ether oxygens (including phenoxy) is 1. The molecule has 1 saturated heterocycles. The predicted octanol–water partition coefficient (Wildman–Crippen LogP) is 6.33. The number of hydrogen-bond donors (Lipinski definition) is 3. The third-order valence-corrected chi connectivity index (χ3v) is 11.8. The number of carboxylic acid groups (broad SMARTS) is 1. The molecule has 11 nitrogen and oxygen atoms in total. The zero-order valence-corrected chi connectivity index (χ0v) is 30.7. The van der Waals surface area contributed by atoms with Crippen molar-refractivity contribution in [2.24, 2.45) is 21.7 Å². The molecule has 0 spiro atoms. The van der Waals surface area contributed by atoms with Gasteiger partial charge in [-0.05, 0) is 80.5 Å². The van der Waals surface area contributed by atoms with Crippen molar-refractivity contribution >= 4 is 45.8 Å². The van der Waals surface area contributed by atoms with Gasteiger partial charge in [0.2, 0.25) is 5.91 Å². The molecule has 1 aromatic heterocycles. The van der Waals surface area contributed by atoms with Gasteiger partial charge in [0.25, 0.3) is 0 Å². The van der Waals surface area contributed by atoms with Crippen LogP contribution in [0.3, 0.4) is 0 Å². The molecule has 2 saturated carbocycles. The summed E-state index contributed by atoms with van der Waals surface area (Å²) in [7, 11) is 5.22. The van der Waals surface area contributed by atoms with Crippen LogP contribution in [0.5, 0.6) is 5.88 Å². The van der Waals surface area contributed by atoms with Crippen molar-refractivity contribution in [2.75, 3.05) is 58.8 Å². The van der Waals surface area contributed by atoms with E-state index in [2.05, 4.69) is 35.7 Å². The molecule has 2 heterocycles. The number of esters is 1. The summed E-state index contributed by atoms with van der Waals surface area (Å²) in [5, 5.41) is 20.9. The highest BCUT2D eigenvalue weighted by molar-refractivity contribution is 6.22. The third kappa shape index (κ3) is 7.07. The summed E-state index contributed by atoms with van der Waals surface area (Å²) in [5.74, 6) is -0.367. The zero-order chi connectivity index (χ0) is 37.2. The number of H-pyrrole nitrogens is 1. The highest BCUT2D eigenvalue weighted by Crippen LogP contribution is 2.65. The molecule has 0 unspecified atom stereocenters. The van der Waals surface area contributed by atoms with Gasteiger partial charge >= 0.3 is 11.9 Å². The number of aromatic amines is 1. The Bertz CT molecular complexity index is 1950. The van der Waals surface area contributed by atoms with Gasteiger partial charge in [0.15, 0.2) is 5.88 Å². The number of benzene rings is 3. The smallest absolute Gasteiger partial charge is 0.337 e. The number of piperazine rings is 1. The molecular weight excluding hydrogens is 658 g/mol. The number of aliphatic imine (C=N–C) groups is 1. The fourth-order valence-electron chi connectivity index (χ4n) is 8.21. The first-order valence-corrected chi connectivity index (χ1v) is 17.9. The van der Waals surface area contributed by atoms with Gasteiger partial charge in [-0.25, -0.2) is 9.79 Å². The number of likely N-dealkylation sites (N-methyl/N-ethyl adjacent to an activating group) is 2. The van der Waals surface area contributed by atoms with Gasteiger partial charge in [0.1, 0.15) is 0 Å². The van der Waals surface area contributed by atoms with Crippen LogP contribution >= 0.6 is 0 Å². The number of amides is 1. The molecule has 7 rings (SSSR count). The zero-order valence-electron chi connectivity index (χ0n) is 30.7. The lowest BCUT2D eigenvalue weighted by molar-refractivity contribution is -0.153. The summed E-state index contributed by atoms with van der Waals surface area (Å²) in [6, 6.07) is 22.2. The molecule has 11 heteroatoms. The minimum atomic E-state index is -0.562. The molecule has 1 amide bonds. The number of methoxy groups -OCH3 is 1. The van der Waals surface area contributed by atoms with Gasteiger partial charge < -0.3 is 29.7 Å². The largest absolute Gasteiger partial charge is 0.494 e. The second-order valence-corrected chi connectivity index (χ2v) is 14.9. The minimum absolute atomic E-state index is 0.0405. The first kappa shape index (κ1) is 36.8. The van der Waals surface area contributed by atoms with Gasteiger partial charge in [-0.15, -0.1) is 0 Å². The van der Waals surface area contributed by atoms with E-state index in [0.29, 0.717) is 40.5 Å². The van der Waals surface area contributed by atoms with Crippen LogP contribution in [0.1, 0.15) is 61.0 Å². The van der Waals surface area contributed by atoms with Crippen LogP contribution < -0.4 is 4.90 Å². The van der Waals surface area contributed by atoms with E-state index in [0.717, 1.165) is 68.5 Å². The minimum Gasteiger partial charge on any atom is -0.494 e. The van der Waals surface area contributed by atoms with Crippen LogP contribution in [0.25, 0.3) is 10.9 Å². The van der Waals surface area contributed by atoms with E-state index in [1.165, 1.54) is 7.11 Å². The van der Waals surface area contributed by atoms with E-state index >= 15 is 0 Å². The van der Waals surface area contributed by atoms with Crippen molar-refractivity contribution in [1.29, 1.82) is 0 Å². The van der Waals surface area contributed by atoms with Crippen LogP contribution in [0.2, 0.25) is 0 Å². The normalized spacial score (nSPS) is 21.4. The van der Waals surface area contributed by atoms with Crippen molar-refractivity contribution in [3.05, 3.63) is 89.5 Å². The number of aromatic nitrogens is 1. The maximum Gasteiger partial charge on any atom is 0.337 e. The standard InChI is InChI=1S/C31H33N5O4.C10H16O2/c1-34-15-17-36(18-16-34)20-27(37)35(2)24-12-10-23(11-13-24)32-29(21-7-5-4-6-8-21)28-25-14-9-22(31(39)40-3)19-26(25)33-30(28)38;1-9(2)7-3-5-10(9,6-4-7)8(11)12/h4-14,19,33,38H,15-18,20H2,1-3H3;7H,3-6H2,1-2H3,(H,11,12). The van der Waals surface area contributed by atoms with Gasteiger partial charge in [0.05, 0.1) is 41.6 Å². The summed E-state index contributed by atoms with van der Waals surface area (Å²) in [6.07, 6.45) is 4.05. The summed E-state index contributed by atoms with van der Waals surface area (Å²) >= 11 is 0. The topological polar surface area (TPSA) is 139 Å². The number of carbonyl (C=O) groups is 3. The summed E-state index contributed by atoms with van der Waals surface area (Å²) in [6.45, 7) is 8.35. The molecule has 1 aliphatic heterocycles. The number of anilines is 1.